The fraction of sp³-hybridized carbons (Fsp3) is 0.529. The van der Waals surface area contributed by atoms with Gasteiger partial charge in [-0.1, -0.05) is 52.0 Å². The number of nitrogens with one attached hydrogen (secondary N) is 1. The normalized spacial score (nSPS) is 11.3. The molecule has 1 aromatic heterocycles. The van der Waals surface area contributed by atoms with E-state index in [4.69, 9.17) is 0 Å². The van der Waals surface area contributed by atoms with Crippen molar-refractivity contribution >= 4 is 0 Å². The van der Waals surface area contributed by atoms with Gasteiger partial charge in [0.25, 0.3) is 0 Å². The lowest BCUT2D eigenvalue weighted by molar-refractivity contribution is 0.578. The van der Waals surface area contributed by atoms with Crippen LogP contribution in [-0.2, 0) is 25.9 Å². The smallest absolute Gasteiger partial charge is 0.150 e. The first kappa shape index (κ1) is 15.7. The van der Waals surface area contributed by atoms with E-state index in [0.29, 0.717) is 6.04 Å². The third-order valence-corrected chi connectivity index (χ3v) is 3.56. The van der Waals surface area contributed by atoms with E-state index >= 15 is 0 Å². The molecule has 1 heterocycles. The van der Waals surface area contributed by atoms with Crippen molar-refractivity contribution in [2.75, 3.05) is 0 Å². The molecule has 0 bridgehead atoms. The zero-order valence-corrected chi connectivity index (χ0v) is 13.6. The maximum atomic E-state index is 4.62. The van der Waals surface area contributed by atoms with Crippen molar-refractivity contribution in [2.24, 2.45) is 0 Å². The van der Waals surface area contributed by atoms with E-state index in [1.807, 2.05) is 4.68 Å². The predicted octanol–water partition coefficient (Wildman–Crippen LogP) is 2.95. The van der Waals surface area contributed by atoms with Crippen molar-refractivity contribution in [1.82, 2.24) is 20.1 Å². The molecule has 2 aromatic rings. The molecule has 0 atom stereocenters. The summed E-state index contributed by atoms with van der Waals surface area (Å²) in [5, 5.41) is 8.10. The van der Waals surface area contributed by atoms with Gasteiger partial charge in [-0.25, -0.2) is 9.67 Å². The molecule has 114 valence electrons. The maximum absolute atomic E-state index is 4.62. The molecular formula is C17H26N4. The molecule has 0 unspecified atom stereocenters. The molecule has 0 radical (unpaired) electrons. The van der Waals surface area contributed by atoms with Crippen molar-refractivity contribution < 1.29 is 0 Å². The summed E-state index contributed by atoms with van der Waals surface area (Å²) in [4.78, 5) is 4.58. The second kappa shape index (κ2) is 7.36. The molecule has 0 aliphatic carbocycles. The Labute approximate surface area is 127 Å². The minimum atomic E-state index is 0.488. The Hall–Kier alpha value is -1.68. The van der Waals surface area contributed by atoms with Gasteiger partial charge in [0, 0.05) is 25.4 Å². The summed E-state index contributed by atoms with van der Waals surface area (Å²) in [5.74, 6) is 2.00. The van der Waals surface area contributed by atoms with Gasteiger partial charge in [0.15, 0.2) is 5.82 Å². The van der Waals surface area contributed by atoms with Gasteiger partial charge in [0.2, 0.25) is 0 Å². The molecule has 0 saturated carbocycles. The molecular weight excluding hydrogens is 260 g/mol. The summed E-state index contributed by atoms with van der Waals surface area (Å²) < 4.78 is 2.05. The Morgan fingerprint density at radius 2 is 1.81 bits per heavy atom. The highest BCUT2D eigenvalue weighted by atomic mass is 15.3. The lowest BCUT2D eigenvalue weighted by Crippen LogP contribution is -2.23. The highest BCUT2D eigenvalue weighted by Gasteiger charge is 2.10. The predicted molar refractivity (Wildman–Crippen MR) is 86.3 cm³/mol. The quantitative estimate of drug-likeness (QED) is 0.851. The Morgan fingerprint density at radius 1 is 1.10 bits per heavy atom. The third-order valence-electron chi connectivity index (χ3n) is 3.56. The summed E-state index contributed by atoms with van der Waals surface area (Å²) in [5.41, 5.74) is 2.65. The summed E-state index contributed by atoms with van der Waals surface area (Å²) in [6.45, 7) is 10.3. The van der Waals surface area contributed by atoms with Gasteiger partial charge < -0.3 is 5.32 Å². The summed E-state index contributed by atoms with van der Waals surface area (Å²) in [6, 6.07) is 9.05. The van der Waals surface area contributed by atoms with Crippen LogP contribution >= 0.6 is 0 Å². The Bertz CT molecular complexity index is 572. The van der Waals surface area contributed by atoms with Crippen molar-refractivity contribution in [1.29, 1.82) is 0 Å². The SMILES string of the molecule is CCc1nc(CC)n(Cc2ccccc2CNC(C)C)n1. The van der Waals surface area contributed by atoms with Crippen molar-refractivity contribution in [3.8, 4) is 0 Å². The third kappa shape index (κ3) is 4.14. The van der Waals surface area contributed by atoms with Crippen LogP contribution in [0.2, 0.25) is 0 Å². The molecule has 0 spiro atoms. The maximum Gasteiger partial charge on any atom is 0.150 e. The highest BCUT2D eigenvalue weighted by Crippen LogP contribution is 2.12. The van der Waals surface area contributed by atoms with E-state index in [0.717, 1.165) is 37.6 Å². The number of rotatable bonds is 7. The minimum Gasteiger partial charge on any atom is -0.310 e. The van der Waals surface area contributed by atoms with Gasteiger partial charge in [-0.15, -0.1) is 0 Å². The Morgan fingerprint density at radius 3 is 2.43 bits per heavy atom. The van der Waals surface area contributed by atoms with E-state index < -0.39 is 0 Å². The average molecular weight is 286 g/mol. The molecule has 0 aliphatic rings. The van der Waals surface area contributed by atoms with Gasteiger partial charge in [0.1, 0.15) is 5.82 Å². The zero-order valence-electron chi connectivity index (χ0n) is 13.6. The van der Waals surface area contributed by atoms with Gasteiger partial charge in [-0.3, -0.25) is 0 Å². The Balaban J connectivity index is 2.21. The molecule has 1 aromatic carbocycles. The first-order chi connectivity index (χ1) is 10.1. The summed E-state index contributed by atoms with van der Waals surface area (Å²) in [6.07, 6.45) is 1.80. The van der Waals surface area contributed by atoms with Crippen LogP contribution < -0.4 is 5.32 Å². The highest BCUT2D eigenvalue weighted by molar-refractivity contribution is 5.27. The van der Waals surface area contributed by atoms with Gasteiger partial charge in [0.05, 0.1) is 6.54 Å². The standard InChI is InChI=1S/C17H26N4/c1-5-16-19-17(6-2)21(20-16)12-15-10-8-7-9-14(15)11-18-13(3)4/h7-10,13,18H,5-6,11-12H2,1-4H3. The van der Waals surface area contributed by atoms with Crippen LogP contribution in [0, 0.1) is 0 Å². The summed E-state index contributed by atoms with van der Waals surface area (Å²) in [7, 11) is 0. The fourth-order valence-corrected chi connectivity index (χ4v) is 2.32. The number of benzene rings is 1. The average Bonchev–Trinajstić information content (AvgIpc) is 2.88. The number of aryl methyl sites for hydroxylation is 2. The lowest BCUT2D eigenvalue weighted by atomic mass is 10.1. The van der Waals surface area contributed by atoms with E-state index in [9.17, 15) is 0 Å². The van der Waals surface area contributed by atoms with Gasteiger partial charge >= 0.3 is 0 Å². The molecule has 4 nitrogen and oxygen atoms in total. The van der Waals surface area contributed by atoms with Crippen LogP contribution in [0.1, 0.15) is 50.5 Å². The van der Waals surface area contributed by atoms with E-state index in [-0.39, 0.29) is 0 Å². The van der Waals surface area contributed by atoms with E-state index in [1.54, 1.807) is 0 Å². The molecule has 21 heavy (non-hydrogen) atoms. The van der Waals surface area contributed by atoms with Crippen LogP contribution in [0.5, 0.6) is 0 Å². The lowest BCUT2D eigenvalue weighted by Gasteiger charge is -2.13. The molecule has 0 saturated heterocycles. The monoisotopic (exact) mass is 286 g/mol. The molecule has 0 amide bonds. The second-order valence-electron chi connectivity index (χ2n) is 5.61. The topological polar surface area (TPSA) is 42.7 Å². The van der Waals surface area contributed by atoms with E-state index in [2.05, 4.69) is 67.4 Å². The zero-order chi connectivity index (χ0) is 15.2. The first-order valence-electron chi connectivity index (χ1n) is 7.86. The molecule has 0 aliphatic heterocycles. The fourth-order valence-electron chi connectivity index (χ4n) is 2.32. The van der Waals surface area contributed by atoms with Crippen molar-refractivity contribution in [2.45, 2.75) is 59.7 Å². The Kier molecular flexibility index (Phi) is 5.51. The summed E-state index contributed by atoms with van der Waals surface area (Å²) >= 11 is 0. The van der Waals surface area contributed by atoms with E-state index in [1.165, 1.54) is 11.1 Å². The number of aromatic nitrogens is 3. The minimum absolute atomic E-state index is 0.488. The number of hydrogen-bond donors (Lipinski definition) is 1. The van der Waals surface area contributed by atoms with Crippen molar-refractivity contribution in [3.05, 3.63) is 47.0 Å². The molecule has 1 N–H and O–H groups in total. The van der Waals surface area contributed by atoms with Crippen LogP contribution in [0.25, 0.3) is 0 Å². The van der Waals surface area contributed by atoms with Crippen LogP contribution in [0.4, 0.5) is 0 Å². The molecule has 2 rings (SSSR count). The first-order valence-corrected chi connectivity index (χ1v) is 7.86. The molecule has 4 heteroatoms. The second-order valence-corrected chi connectivity index (χ2v) is 5.61. The largest absolute Gasteiger partial charge is 0.310 e. The van der Waals surface area contributed by atoms with Gasteiger partial charge in [-0.05, 0) is 11.1 Å². The van der Waals surface area contributed by atoms with Crippen LogP contribution in [0.3, 0.4) is 0 Å². The van der Waals surface area contributed by atoms with Crippen molar-refractivity contribution in [3.63, 3.8) is 0 Å². The molecule has 0 fully saturated rings. The van der Waals surface area contributed by atoms with Gasteiger partial charge in [-0.2, -0.15) is 5.10 Å². The number of hydrogen-bond acceptors (Lipinski definition) is 3. The number of nitrogens with zero attached hydrogens (tertiary/aromatic N) is 3. The van der Waals surface area contributed by atoms with Crippen LogP contribution in [-0.4, -0.2) is 20.8 Å². The van der Waals surface area contributed by atoms with Crippen LogP contribution in [0.15, 0.2) is 24.3 Å².